The highest BCUT2D eigenvalue weighted by atomic mass is 16.5. The lowest BCUT2D eigenvalue weighted by atomic mass is 10.00. The SMILES string of the molecule is O=CN(CCN1CCOCC1)c1ccc(N/C(=C2\C(=O)Nc3ccccc32)c2ccccc2)cc1. The molecule has 0 aliphatic carbocycles. The van der Waals surface area contributed by atoms with Gasteiger partial charge in [-0.1, -0.05) is 48.5 Å². The molecule has 0 unspecified atom stereocenters. The normalized spacial score (nSPS) is 16.9. The highest BCUT2D eigenvalue weighted by Gasteiger charge is 2.28. The van der Waals surface area contributed by atoms with Crippen LogP contribution in [0.5, 0.6) is 0 Å². The van der Waals surface area contributed by atoms with Gasteiger partial charge in [0.2, 0.25) is 6.41 Å². The second kappa shape index (κ2) is 10.5. The summed E-state index contributed by atoms with van der Waals surface area (Å²) < 4.78 is 5.40. The number of fused-ring (bicyclic) bond motifs is 1. The van der Waals surface area contributed by atoms with Gasteiger partial charge in [0.1, 0.15) is 0 Å². The fourth-order valence-corrected chi connectivity index (χ4v) is 4.45. The van der Waals surface area contributed by atoms with E-state index in [1.54, 1.807) is 4.90 Å². The van der Waals surface area contributed by atoms with E-state index in [0.717, 1.165) is 73.1 Å². The van der Waals surface area contributed by atoms with Gasteiger partial charge in [0, 0.05) is 48.8 Å². The summed E-state index contributed by atoms with van der Waals surface area (Å²) in [5.74, 6) is -0.135. The molecule has 5 rings (SSSR count). The first-order chi connectivity index (χ1) is 17.2. The molecule has 2 N–H and O–H groups in total. The summed E-state index contributed by atoms with van der Waals surface area (Å²) in [5.41, 5.74) is 5.60. The zero-order chi connectivity index (χ0) is 24.0. The number of para-hydroxylation sites is 1. The van der Waals surface area contributed by atoms with Gasteiger partial charge in [0.25, 0.3) is 5.91 Å². The number of hydrogen-bond donors (Lipinski definition) is 2. The Bertz CT molecular complexity index is 1220. The van der Waals surface area contributed by atoms with Crippen LogP contribution >= 0.6 is 0 Å². The molecular weight excluding hydrogens is 440 g/mol. The van der Waals surface area contributed by atoms with Crippen LogP contribution in [0.4, 0.5) is 17.1 Å². The van der Waals surface area contributed by atoms with E-state index in [1.807, 2.05) is 78.9 Å². The fraction of sp³-hybridized carbons (Fsp3) is 0.214. The molecule has 3 aromatic carbocycles. The van der Waals surface area contributed by atoms with Crippen molar-refractivity contribution in [3.63, 3.8) is 0 Å². The Balaban J connectivity index is 1.39. The average molecular weight is 469 g/mol. The fourth-order valence-electron chi connectivity index (χ4n) is 4.45. The van der Waals surface area contributed by atoms with E-state index in [9.17, 15) is 9.59 Å². The molecule has 2 amide bonds. The van der Waals surface area contributed by atoms with Gasteiger partial charge in [0.15, 0.2) is 0 Å². The largest absolute Gasteiger partial charge is 0.379 e. The van der Waals surface area contributed by atoms with Crippen LogP contribution in [-0.4, -0.2) is 56.6 Å². The second-order valence-electron chi connectivity index (χ2n) is 8.54. The molecule has 0 aromatic heterocycles. The molecule has 7 heteroatoms. The zero-order valence-electron chi connectivity index (χ0n) is 19.4. The summed E-state index contributed by atoms with van der Waals surface area (Å²) in [7, 11) is 0. The Morgan fingerprint density at radius 3 is 2.43 bits per heavy atom. The molecule has 0 bridgehead atoms. The number of nitrogens with one attached hydrogen (secondary N) is 2. The second-order valence-corrected chi connectivity index (χ2v) is 8.54. The van der Waals surface area contributed by atoms with Crippen molar-refractivity contribution in [2.45, 2.75) is 0 Å². The monoisotopic (exact) mass is 468 g/mol. The molecule has 35 heavy (non-hydrogen) atoms. The van der Waals surface area contributed by atoms with Gasteiger partial charge in [-0.2, -0.15) is 0 Å². The van der Waals surface area contributed by atoms with Gasteiger partial charge in [-0.3, -0.25) is 14.5 Å². The van der Waals surface area contributed by atoms with Gasteiger partial charge in [-0.25, -0.2) is 0 Å². The lowest BCUT2D eigenvalue weighted by Gasteiger charge is -2.28. The Kier molecular flexibility index (Phi) is 6.88. The quantitative estimate of drug-likeness (QED) is 0.387. The third-order valence-corrected chi connectivity index (χ3v) is 6.34. The summed E-state index contributed by atoms with van der Waals surface area (Å²) in [5, 5.41) is 6.43. The van der Waals surface area contributed by atoms with Crippen molar-refractivity contribution in [1.29, 1.82) is 0 Å². The average Bonchev–Trinajstić information content (AvgIpc) is 3.25. The minimum absolute atomic E-state index is 0.135. The van der Waals surface area contributed by atoms with Crippen molar-refractivity contribution in [3.8, 4) is 0 Å². The minimum atomic E-state index is -0.135. The highest BCUT2D eigenvalue weighted by molar-refractivity contribution is 6.37. The van der Waals surface area contributed by atoms with E-state index < -0.39 is 0 Å². The van der Waals surface area contributed by atoms with Crippen LogP contribution < -0.4 is 15.5 Å². The molecule has 0 saturated carbocycles. The van der Waals surface area contributed by atoms with Crippen molar-refractivity contribution in [2.75, 3.05) is 54.9 Å². The predicted octanol–water partition coefficient (Wildman–Crippen LogP) is 3.91. The molecule has 1 saturated heterocycles. The number of anilines is 3. The van der Waals surface area contributed by atoms with Crippen molar-refractivity contribution in [2.24, 2.45) is 0 Å². The summed E-state index contributed by atoms with van der Waals surface area (Å²) in [6.45, 7) is 4.69. The van der Waals surface area contributed by atoms with Crippen LogP contribution in [0.25, 0.3) is 11.3 Å². The predicted molar refractivity (Wildman–Crippen MR) is 139 cm³/mol. The van der Waals surface area contributed by atoms with E-state index in [2.05, 4.69) is 15.5 Å². The van der Waals surface area contributed by atoms with Gasteiger partial charge < -0.3 is 20.3 Å². The van der Waals surface area contributed by atoms with E-state index in [-0.39, 0.29) is 5.91 Å². The molecule has 2 heterocycles. The number of rotatable bonds is 8. The molecule has 0 spiro atoms. The maximum atomic E-state index is 13.0. The molecule has 1 fully saturated rings. The molecular formula is C28H28N4O3. The number of ether oxygens (including phenoxy) is 1. The van der Waals surface area contributed by atoms with Crippen molar-refractivity contribution < 1.29 is 14.3 Å². The number of carbonyl (C=O) groups is 2. The van der Waals surface area contributed by atoms with Crippen LogP contribution in [0.15, 0.2) is 78.9 Å². The number of hydrogen-bond acceptors (Lipinski definition) is 5. The molecule has 2 aliphatic rings. The molecule has 7 nitrogen and oxygen atoms in total. The first kappa shape index (κ1) is 22.8. The van der Waals surface area contributed by atoms with Crippen molar-refractivity contribution in [1.82, 2.24) is 4.90 Å². The molecule has 178 valence electrons. The number of benzene rings is 3. The molecule has 3 aromatic rings. The highest BCUT2D eigenvalue weighted by Crippen LogP contribution is 2.37. The molecule has 0 atom stereocenters. The van der Waals surface area contributed by atoms with E-state index in [4.69, 9.17) is 4.74 Å². The number of nitrogens with zero attached hydrogens (tertiary/aromatic N) is 2. The van der Waals surface area contributed by atoms with Crippen molar-refractivity contribution >= 4 is 40.6 Å². The van der Waals surface area contributed by atoms with E-state index in [1.165, 1.54) is 0 Å². The van der Waals surface area contributed by atoms with Crippen LogP contribution in [0.1, 0.15) is 11.1 Å². The smallest absolute Gasteiger partial charge is 0.258 e. The van der Waals surface area contributed by atoms with Crippen LogP contribution in [0.3, 0.4) is 0 Å². The summed E-state index contributed by atoms with van der Waals surface area (Å²) in [4.78, 5) is 28.7. The van der Waals surface area contributed by atoms with Gasteiger partial charge >= 0.3 is 0 Å². The summed E-state index contributed by atoms with van der Waals surface area (Å²) in [6.07, 6.45) is 0.875. The minimum Gasteiger partial charge on any atom is -0.379 e. The maximum Gasteiger partial charge on any atom is 0.258 e. The Hall–Kier alpha value is -3.94. The zero-order valence-corrected chi connectivity index (χ0v) is 19.4. The van der Waals surface area contributed by atoms with Crippen molar-refractivity contribution in [3.05, 3.63) is 90.0 Å². The Labute approximate surface area is 205 Å². The lowest BCUT2D eigenvalue weighted by molar-refractivity contribution is -0.111. The number of carbonyl (C=O) groups excluding carboxylic acids is 2. The summed E-state index contributed by atoms with van der Waals surface area (Å²) >= 11 is 0. The third kappa shape index (κ3) is 5.11. The van der Waals surface area contributed by atoms with E-state index >= 15 is 0 Å². The van der Waals surface area contributed by atoms with Crippen LogP contribution in [0.2, 0.25) is 0 Å². The maximum absolute atomic E-state index is 13.0. The Morgan fingerprint density at radius 1 is 0.971 bits per heavy atom. The standard InChI is InChI=1S/C28H28N4O3/c33-20-32(15-14-31-16-18-35-19-17-31)23-12-10-22(11-13-23)29-27(21-6-2-1-3-7-21)26-24-8-4-5-9-25(24)30-28(26)34/h1-13,20,29H,14-19H2,(H,30,34)/b27-26-. The van der Waals surface area contributed by atoms with Crippen LogP contribution in [0, 0.1) is 0 Å². The van der Waals surface area contributed by atoms with Gasteiger partial charge in [0.05, 0.1) is 24.5 Å². The lowest BCUT2D eigenvalue weighted by Crippen LogP contribution is -2.41. The number of morpholine rings is 1. The van der Waals surface area contributed by atoms with E-state index in [0.29, 0.717) is 12.1 Å². The third-order valence-electron chi connectivity index (χ3n) is 6.34. The summed E-state index contributed by atoms with van der Waals surface area (Å²) in [6, 6.07) is 25.2. The molecule has 2 aliphatic heterocycles. The first-order valence-corrected chi connectivity index (χ1v) is 11.8. The van der Waals surface area contributed by atoms with Crippen LogP contribution in [-0.2, 0) is 14.3 Å². The van der Waals surface area contributed by atoms with Gasteiger partial charge in [-0.05, 0) is 35.9 Å². The topological polar surface area (TPSA) is 73.9 Å². The first-order valence-electron chi connectivity index (χ1n) is 11.8. The Morgan fingerprint density at radius 2 is 1.69 bits per heavy atom. The number of amides is 2. The molecule has 0 radical (unpaired) electrons. The van der Waals surface area contributed by atoms with Gasteiger partial charge in [-0.15, -0.1) is 0 Å².